The van der Waals surface area contributed by atoms with Gasteiger partial charge in [0.2, 0.25) is 0 Å². The minimum atomic E-state index is -0.102. The molecule has 26 heavy (non-hydrogen) atoms. The Hall–Kier alpha value is -2.67. The van der Waals surface area contributed by atoms with Crippen molar-refractivity contribution in [2.45, 2.75) is 44.9 Å². The van der Waals surface area contributed by atoms with Gasteiger partial charge < -0.3 is 19.6 Å². The molecule has 3 aromatic rings. The van der Waals surface area contributed by atoms with Gasteiger partial charge in [-0.15, -0.1) is 10.2 Å². The zero-order chi connectivity index (χ0) is 18.3. The maximum atomic E-state index is 12.7. The molecule has 2 N–H and O–H groups in total. The summed E-state index contributed by atoms with van der Waals surface area (Å²) in [6.07, 6.45) is 3.58. The molecule has 1 fully saturated rings. The van der Waals surface area contributed by atoms with Crippen LogP contribution >= 0.6 is 0 Å². The van der Waals surface area contributed by atoms with Crippen molar-refractivity contribution in [1.29, 1.82) is 0 Å². The standard InChI is InChI=1S/C19H23N5O2/c1-3-24-17(11-25)21-22-18(24)12-8-13(9-12)20-19(26)15-10-23(2)16-7-5-4-6-14(15)16/h4-7,10,12-13,25H,3,8-9,11H2,1-2H3,(H,20,26). The van der Waals surface area contributed by atoms with Gasteiger partial charge in [0, 0.05) is 42.7 Å². The van der Waals surface area contributed by atoms with Crippen molar-refractivity contribution < 1.29 is 9.90 Å². The van der Waals surface area contributed by atoms with Crippen molar-refractivity contribution in [3.63, 3.8) is 0 Å². The predicted octanol–water partition coefficient (Wildman–Crippen LogP) is 1.96. The summed E-state index contributed by atoms with van der Waals surface area (Å²) in [6, 6.07) is 8.07. The Morgan fingerprint density at radius 1 is 1.31 bits per heavy atom. The number of rotatable bonds is 5. The van der Waals surface area contributed by atoms with E-state index in [1.165, 1.54) is 0 Å². The minimum absolute atomic E-state index is 0.0294. The molecule has 0 aliphatic heterocycles. The molecular formula is C19H23N5O2. The highest BCUT2D eigenvalue weighted by molar-refractivity contribution is 6.07. The Balaban J connectivity index is 1.44. The molecule has 1 aromatic carbocycles. The number of aliphatic hydroxyl groups excluding tert-OH is 1. The van der Waals surface area contributed by atoms with Gasteiger partial charge in [0.15, 0.2) is 5.82 Å². The molecule has 0 unspecified atom stereocenters. The lowest BCUT2D eigenvalue weighted by molar-refractivity contribution is 0.0908. The van der Waals surface area contributed by atoms with Crippen LogP contribution in [-0.2, 0) is 20.2 Å². The van der Waals surface area contributed by atoms with Crippen molar-refractivity contribution in [2.24, 2.45) is 7.05 Å². The van der Waals surface area contributed by atoms with Crippen molar-refractivity contribution in [1.82, 2.24) is 24.6 Å². The third kappa shape index (κ3) is 2.68. The van der Waals surface area contributed by atoms with E-state index in [0.29, 0.717) is 11.4 Å². The van der Waals surface area contributed by atoms with E-state index in [1.54, 1.807) is 0 Å². The number of para-hydroxylation sites is 1. The molecule has 7 heteroatoms. The molecule has 1 amide bonds. The molecule has 0 spiro atoms. The second-order valence-corrected chi connectivity index (χ2v) is 6.89. The number of benzene rings is 1. The summed E-state index contributed by atoms with van der Waals surface area (Å²) in [5.74, 6) is 1.76. The Morgan fingerprint density at radius 3 is 2.81 bits per heavy atom. The summed E-state index contributed by atoms with van der Waals surface area (Å²) in [5, 5.41) is 21.7. The molecule has 2 heterocycles. The summed E-state index contributed by atoms with van der Waals surface area (Å²) in [6.45, 7) is 2.65. The third-order valence-corrected chi connectivity index (χ3v) is 5.29. The lowest BCUT2D eigenvalue weighted by Crippen LogP contribution is -2.44. The first-order valence-electron chi connectivity index (χ1n) is 9.00. The van der Waals surface area contributed by atoms with Crippen LogP contribution in [-0.4, -0.2) is 36.4 Å². The summed E-state index contributed by atoms with van der Waals surface area (Å²) >= 11 is 0. The SMILES string of the molecule is CCn1c(CO)nnc1C1CC(NC(=O)c2cn(C)c3ccccc23)C1. The van der Waals surface area contributed by atoms with E-state index in [9.17, 15) is 9.90 Å². The zero-order valence-electron chi connectivity index (χ0n) is 15.0. The van der Waals surface area contributed by atoms with Crippen LogP contribution in [0.25, 0.3) is 10.9 Å². The van der Waals surface area contributed by atoms with Crippen molar-refractivity contribution in [3.8, 4) is 0 Å². The third-order valence-electron chi connectivity index (χ3n) is 5.29. The van der Waals surface area contributed by atoms with E-state index >= 15 is 0 Å². The highest BCUT2D eigenvalue weighted by Gasteiger charge is 2.35. The van der Waals surface area contributed by atoms with Crippen LogP contribution in [0.15, 0.2) is 30.5 Å². The fraction of sp³-hybridized carbons (Fsp3) is 0.421. The van der Waals surface area contributed by atoms with Gasteiger partial charge in [-0.25, -0.2) is 0 Å². The maximum Gasteiger partial charge on any atom is 0.253 e. The lowest BCUT2D eigenvalue weighted by atomic mass is 9.79. The lowest BCUT2D eigenvalue weighted by Gasteiger charge is -2.35. The van der Waals surface area contributed by atoms with Crippen LogP contribution in [0.2, 0.25) is 0 Å². The number of carbonyl (C=O) groups is 1. The van der Waals surface area contributed by atoms with Gasteiger partial charge in [-0.1, -0.05) is 18.2 Å². The van der Waals surface area contributed by atoms with Crippen LogP contribution in [0.5, 0.6) is 0 Å². The molecule has 0 atom stereocenters. The molecule has 1 saturated carbocycles. The van der Waals surface area contributed by atoms with Crippen LogP contribution in [0.1, 0.15) is 47.7 Å². The van der Waals surface area contributed by atoms with Crippen LogP contribution in [0.3, 0.4) is 0 Å². The summed E-state index contributed by atoms with van der Waals surface area (Å²) in [4.78, 5) is 12.7. The Bertz CT molecular complexity index is 952. The number of hydrogen-bond acceptors (Lipinski definition) is 4. The van der Waals surface area contributed by atoms with Gasteiger partial charge in [-0.05, 0) is 25.8 Å². The van der Waals surface area contributed by atoms with Gasteiger partial charge in [-0.2, -0.15) is 0 Å². The number of aromatic nitrogens is 4. The van der Waals surface area contributed by atoms with E-state index in [2.05, 4.69) is 15.5 Å². The normalized spacial score (nSPS) is 19.5. The zero-order valence-corrected chi connectivity index (χ0v) is 15.0. The highest BCUT2D eigenvalue weighted by atomic mass is 16.3. The molecule has 0 radical (unpaired) electrons. The number of aliphatic hydroxyl groups is 1. The number of nitrogens with zero attached hydrogens (tertiary/aromatic N) is 4. The number of nitrogens with one attached hydrogen (secondary N) is 1. The molecule has 2 aromatic heterocycles. The second-order valence-electron chi connectivity index (χ2n) is 6.89. The Labute approximate surface area is 151 Å². The number of hydrogen-bond donors (Lipinski definition) is 2. The number of amides is 1. The Morgan fingerprint density at radius 2 is 2.08 bits per heavy atom. The summed E-state index contributed by atoms with van der Waals surface area (Å²) < 4.78 is 3.95. The van der Waals surface area contributed by atoms with Crippen LogP contribution in [0.4, 0.5) is 0 Å². The van der Waals surface area contributed by atoms with Gasteiger partial charge in [0.1, 0.15) is 12.4 Å². The van der Waals surface area contributed by atoms with Gasteiger partial charge in [0.05, 0.1) is 5.56 Å². The molecule has 1 aliphatic carbocycles. The average molecular weight is 353 g/mol. The maximum absolute atomic E-state index is 12.7. The predicted molar refractivity (Wildman–Crippen MR) is 97.8 cm³/mol. The van der Waals surface area contributed by atoms with Gasteiger partial charge in [0.25, 0.3) is 5.91 Å². The Kier molecular flexibility index (Phi) is 4.24. The van der Waals surface area contributed by atoms with Crippen molar-refractivity contribution in [3.05, 3.63) is 47.7 Å². The quantitative estimate of drug-likeness (QED) is 0.734. The molecule has 136 valence electrons. The molecule has 1 aliphatic rings. The highest BCUT2D eigenvalue weighted by Crippen LogP contribution is 2.36. The van der Waals surface area contributed by atoms with E-state index in [4.69, 9.17) is 0 Å². The van der Waals surface area contributed by atoms with E-state index in [-0.39, 0.29) is 24.5 Å². The first-order chi connectivity index (χ1) is 12.6. The van der Waals surface area contributed by atoms with E-state index in [1.807, 2.05) is 53.6 Å². The van der Waals surface area contributed by atoms with Crippen LogP contribution < -0.4 is 5.32 Å². The fourth-order valence-corrected chi connectivity index (χ4v) is 3.84. The van der Waals surface area contributed by atoms with E-state index < -0.39 is 0 Å². The monoisotopic (exact) mass is 353 g/mol. The van der Waals surface area contributed by atoms with Crippen molar-refractivity contribution in [2.75, 3.05) is 0 Å². The summed E-state index contributed by atoms with van der Waals surface area (Å²) in [5.41, 5.74) is 1.77. The van der Waals surface area contributed by atoms with Gasteiger partial charge in [-0.3, -0.25) is 4.79 Å². The van der Waals surface area contributed by atoms with Crippen LogP contribution in [0, 0.1) is 0 Å². The average Bonchev–Trinajstić information content (AvgIpc) is 3.18. The fourth-order valence-electron chi connectivity index (χ4n) is 3.84. The first kappa shape index (κ1) is 16.8. The minimum Gasteiger partial charge on any atom is -0.388 e. The van der Waals surface area contributed by atoms with Gasteiger partial charge >= 0.3 is 0 Å². The van der Waals surface area contributed by atoms with E-state index in [0.717, 1.165) is 36.1 Å². The number of fused-ring (bicyclic) bond motifs is 1. The number of aryl methyl sites for hydroxylation is 1. The number of carbonyl (C=O) groups excluding carboxylic acids is 1. The summed E-state index contributed by atoms with van der Waals surface area (Å²) in [7, 11) is 1.95. The topological polar surface area (TPSA) is 85.0 Å². The molecule has 7 nitrogen and oxygen atoms in total. The second kappa shape index (κ2) is 6.57. The molecule has 4 rings (SSSR count). The smallest absolute Gasteiger partial charge is 0.253 e. The van der Waals surface area contributed by atoms with Crippen molar-refractivity contribution >= 4 is 16.8 Å². The molecule has 0 bridgehead atoms. The molecular weight excluding hydrogens is 330 g/mol. The first-order valence-corrected chi connectivity index (χ1v) is 9.00. The largest absolute Gasteiger partial charge is 0.388 e. The molecule has 0 saturated heterocycles.